The Labute approximate surface area is 140 Å². The molecule has 1 aromatic heterocycles. The largest absolute Gasteiger partial charge is 0.390 e. The quantitative estimate of drug-likeness (QED) is 0.773. The number of aromatic nitrogens is 1. The van der Waals surface area contributed by atoms with Gasteiger partial charge in [0.2, 0.25) is 0 Å². The summed E-state index contributed by atoms with van der Waals surface area (Å²) in [5.74, 6) is 0.975. The number of fused-ring (bicyclic) bond motifs is 1. The molecule has 0 aliphatic carbocycles. The Morgan fingerprint density at radius 3 is 2.96 bits per heavy atom. The maximum Gasteiger partial charge on any atom is 0.320 e. The van der Waals surface area contributed by atoms with Crippen LogP contribution in [0.25, 0.3) is 0 Å². The molecular formula is C17H22N4O3. The lowest BCUT2D eigenvalue weighted by molar-refractivity contribution is 0.106. The van der Waals surface area contributed by atoms with Crippen LogP contribution in [0.3, 0.4) is 0 Å². The Morgan fingerprint density at radius 1 is 1.42 bits per heavy atom. The molecule has 0 saturated heterocycles. The molecule has 0 saturated carbocycles. The van der Waals surface area contributed by atoms with Gasteiger partial charge in [0.05, 0.1) is 6.10 Å². The molecule has 2 heterocycles. The molecule has 1 aliphatic heterocycles. The maximum atomic E-state index is 11.8. The van der Waals surface area contributed by atoms with Gasteiger partial charge in [-0.05, 0) is 24.5 Å². The summed E-state index contributed by atoms with van der Waals surface area (Å²) < 4.78 is 4.87. The van der Waals surface area contributed by atoms with Gasteiger partial charge in [-0.1, -0.05) is 29.4 Å². The second-order valence-corrected chi connectivity index (χ2v) is 6.07. The van der Waals surface area contributed by atoms with Crippen LogP contribution in [0.15, 0.2) is 34.9 Å². The Balaban J connectivity index is 1.41. The molecule has 0 spiro atoms. The van der Waals surface area contributed by atoms with Crippen molar-refractivity contribution in [2.24, 2.45) is 0 Å². The van der Waals surface area contributed by atoms with Gasteiger partial charge >= 0.3 is 6.03 Å². The number of nitrogens with zero attached hydrogens (tertiary/aromatic N) is 2. The summed E-state index contributed by atoms with van der Waals surface area (Å²) in [6.45, 7) is 4.20. The first kappa shape index (κ1) is 16.5. The number of anilines is 1. The average molecular weight is 330 g/mol. The third-order valence-corrected chi connectivity index (χ3v) is 4.05. The minimum absolute atomic E-state index is 0.181. The summed E-state index contributed by atoms with van der Waals surface area (Å²) in [6.07, 6.45) is 0.363. The molecule has 0 radical (unpaired) electrons. The molecule has 2 amide bonds. The van der Waals surface area contributed by atoms with Crippen molar-refractivity contribution in [2.45, 2.75) is 26.0 Å². The number of β-amino-alcohol motifs (C(OH)–C–C–N with tert-alkyl or cyclic N) is 1. The van der Waals surface area contributed by atoms with Gasteiger partial charge in [-0.15, -0.1) is 0 Å². The predicted octanol–water partition coefficient (Wildman–Crippen LogP) is 1.52. The molecule has 7 heteroatoms. The maximum absolute atomic E-state index is 11.8. The third kappa shape index (κ3) is 4.33. The number of aliphatic hydroxyl groups excluding tert-OH is 1. The third-order valence-electron chi connectivity index (χ3n) is 4.05. The first-order valence-corrected chi connectivity index (χ1v) is 8.05. The Kier molecular flexibility index (Phi) is 5.12. The van der Waals surface area contributed by atoms with Gasteiger partial charge in [-0.25, -0.2) is 4.79 Å². The highest BCUT2D eigenvalue weighted by atomic mass is 16.5. The van der Waals surface area contributed by atoms with E-state index in [1.165, 1.54) is 11.1 Å². The van der Waals surface area contributed by atoms with E-state index >= 15 is 0 Å². The van der Waals surface area contributed by atoms with Crippen molar-refractivity contribution >= 4 is 11.8 Å². The first-order chi connectivity index (χ1) is 11.6. The molecule has 0 bridgehead atoms. The van der Waals surface area contributed by atoms with E-state index in [0.29, 0.717) is 18.1 Å². The van der Waals surface area contributed by atoms with Gasteiger partial charge in [0.25, 0.3) is 0 Å². The molecule has 1 aliphatic rings. The number of rotatable bonds is 5. The van der Waals surface area contributed by atoms with Gasteiger partial charge in [0, 0.05) is 32.2 Å². The van der Waals surface area contributed by atoms with Gasteiger partial charge in [0.1, 0.15) is 5.76 Å². The Hall–Kier alpha value is -2.38. The van der Waals surface area contributed by atoms with Crippen LogP contribution in [0.2, 0.25) is 0 Å². The van der Waals surface area contributed by atoms with Crippen LogP contribution in [0.4, 0.5) is 10.6 Å². The van der Waals surface area contributed by atoms with E-state index in [2.05, 4.69) is 38.9 Å². The number of nitrogens with one attached hydrogen (secondary N) is 2. The zero-order valence-electron chi connectivity index (χ0n) is 13.7. The number of carbonyl (C=O) groups excluding carboxylic acids is 1. The van der Waals surface area contributed by atoms with E-state index in [4.69, 9.17) is 4.52 Å². The first-order valence-electron chi connectivity index (χ1n) is 8.05. The summed E-state index contributed by atoms with van der Waals surface area (Å²) in [6, 6.07) is 9.59. The number of carbonyl (C=O) groups is 1. The number of amides is 2. The van der Waals surface area contributed by atoms with E-state index < -0.39 is 12.1 Å². The molecule has 0 unspecified atom stereocenters. The summed E-state index contributed by atoms with van der Waals surface area (Å²) in [7, 11) is 0. The van der Waals surface area contributed by atoms with Crippen LogP contribution in [-0.4, -0.2) is 46.9 Å². The number of benzene rings is 1. The molecule has 1 atom stereocenters. The predicted molar refractivity (Wildman–Crippen MR) is 89.7 cm³/mol. The lowest BCUT2D eigenvalue weighted by atomic mass is 10.00. The summed E-state index contributed by atoms with van der Waals surface area (Å²) >= 11 is 0. The van der Waals surface area contributed by atoms with Gasteiger partial charge in [-0.2, -0.15) is 0 Å². The zero-order valence-corrected chi connectivity index (χ0v) is 13.7. The zero-order chi connectivity index (χ0) is 16.9. The van der Waals surface area contributed by atoms with Crippen LogP contribution >= 0.6 is 0 Å². The van der Waals surface area contributed by atoms with Gasteiger partial charge in [0.15, 0.2) is 5.82 Å². The Morgan fingerprint density at radius 2 is 2.21 bits per heavy atom. The molecule has 0 fully saturated rings. The lowest BCUT2D eigenvalue weighted by Crippen LogP contribution is -2.43. The number of hydrogen-bond acceptors (Lipinski definition) is 5. The molecular weight excluding hydrogens is 308 g/mol. The topological polar surface area (TPSA) is 90.6 Å². The summed E-state index contributed by atoms with van der Waals surface area (Å²) in [4.78, 5) is 14.0. The fraction of sp³-hybridized carbons (Fsp3) is 0.412. The molecule has 3 rings (SSSR count). The second-order valence-electron chi connectivity index (χ2n) is 6.07. The van der Waals surface area contributed by atoms with Crippen molar-refractivity contribution < 1.29 is 14.4 Å². The van der Waals surface area contributed by atoms with Gasteiger partial charge in [-0.3, -0.25) is 10.2 Å². The van der Waals surface area contributed by atoms with Crippen molar-refractivity contribution in [3.8, 4) is 0 Å². The number of aryl methyl sites for hydroxylation is 1. The monoisotopic (exact) mass is 330 g/mol. The number of urea groups is 1. The highest BCUT2D eigenvalue weighted by molar-refractivity contribution is 5.88. The molecule has 24 heavy (non-hydrogen) atoms. The average Bonchev–Trinajstić information content (AvgIpc) is 2.98. The van der Waals surface area contributed by atoms with Crippen LogP contribution in [0.5, 0.6) is 0 Å². The van der Waals surface area contributed by atoms with Gasteiger partial charge < -0.3 is 14.9 Å². The van der Waals surface area contributed by atoms with E-state index in [1.54, 1.807) is 13.0 Å². The number of aliphatic hydroxyl groups is 1. The van der Waals surface area contributed by atoms with Crippen molar-refractivity contribution in [3.05, 3.63) is 47.2 Å². The van der Waals surface area contributed by atoms with E-state index in [0.717, 1.165) is 19.5 Å². The van der Waals surface area contributed by atoms with Crippen LogP contribution in [0, 0.1) is 6.92 Å². The van der Waals surface area contributed by atoms with Crippen molar-refractivity contribution in [3.63, 3.8) is 0 Å². The Bertz CT molecular complexity index is 701. The summed E-state index contributed by atoms with van der Waals surface area (Å²) in [5, 5.41) is 19.0. The molecule has 128 valence electrons. The minimum Gasteiger partial charge on any atom is -0.390 e. The fourth-order valence-corrected chi connectivity index (χ4v) is 2.87. The van der Waals surface area contributed by atoms with Crippen LogP contribution in [-0.2, 0) is 13.0 Å². The van der Waals surface area contributed by atoms with E-state index in [1.807, 2.05) is 6.07 Å². The number of hydrogen-bond donors (Lipinski definition) is 3. The normalized spacial score (nSPS) is 15.6. The van der Waals surface area contributed by atoms with Crippen LogP contribution < -0.4 is 10.6 Å². The lowest BCUT2D eigenvalue weighted by Gasteiger charge is -2.30. The molecule has 7 nitrogen and oxygen atoms in total. The van der Waals surface area contributed by atoms with Crippen molar-refractivity contribution in [1.82, 2.24) is 15.4 Å². The van der Waals surface area contributed by atoms with E-state index in [-0.39, 0.29) is 6.54 Å². The highest BCUT2D eigenvalue weighted by Crippen LogP contribution is 2.18. The fourth-order valence-electron chi connectivity index (χ4n) is 2.87. The molecule has 1 aromatic carbocycles. The SMILES string of the molecule is Cc1cc(NC(=O)NC[C@@H](O)CN2CCc3ccccc3C2)no1. The minimum atomic E-state index is -0.625. The smallest absolute Gasteiger partial charge is 0.320 e. The molecule has 2 aromatic rings. The standard InChI is InChI=1S/C17H22N4O3/c1-12-8-16(20-24-12)19-17(23)18-9-15(22)11-21-7-6-13-4-2-3-5-14(13)10-21/h2-5,8,15,22H,6-7,9-11H2,1H3,(H2,18,19,20,23)/t15-/m1/s1. The van der Waals surface area contributed by atoms with Crippen molar-refractivity contribution in [1.29, 1.82) is 0 Å². The molecule has 3 N–H and O–H groups in total. The van der Waals surface area contributed by atoms with Crippen molar-refractivity contribution in [2.75, 3.05) is 25.0 Å². The van der Waals surface area contributed by atoms with E-state index in [9.17, 15) is 9.90 Å². The second kappa shape index (κ2) is 7.46. The highest BCUT2D eigenvalue weighted by Gasteiger charge is 2.18. The van der Waals surface area contributed by atoms with Crippen LogP contribution in [0.1, 0.15) is 16.9 Å². The summed E-state index contributed by atoms with van der Waals surface area (Å²) in [5.41, 5.74) is 2.69.